The summed E-state index contributed by atoms with van der Waals surface area (Å²) in [4.78, 5) is 39.3. The molecule has 0 aromatic heterocycles. The Hall–Kier alpha value is -3.50. The van der Waals surface area contributed by atoms with Gasteiger partial charge in [-0.1, -0.05) is 24.3 Å². The SMILES string of the molecule is NC(=O)[C@H](CCC(=O)O)N1Cc2c(OCc3ccc(CN4CCOCC4)cc3)cc(F)cc2C1=O. The fourth-order valence-electron chi connectivity index (χ4n) is 4.37. The monoisotopic (exact) mass is 485 g/mol. The van der Waals surface area contributed by atoms with Crippen LogP contribution in [0.2, 0.25) is 0 Å². The molecular weight excluding hydrogens is 457 g/mol. The zero-order valence-corrected chi connectivity index (χ0v) is 19.2. The summed E-state index contributed by atoms with van der Waals surface area (Å²) in [6.45, 7) is 4.27. The number of fused-ring (bicyclic) bond motifs is 1. The first-order chi connectivity index (χ1) is 16.8. The van der Waals surface area contributed by atoms with Gasteiger partial charge in [0, 0.05) is 37.7 Å². The molecule has 10 heteroatoms. The van der Waals surface area contributed by atoms with E-state index in [4.69, 9.17) is 20.3 Å². The lowest BCUT2D eigenvalue weighted by atomic mass is 10.1. The Morgan fingerprint density at radius 2 is 1.83 bits per heavy atom. The number of nitrogens with two attached hydrogens (primary N) is 1. The van der Waals surface area contributed by atoms with Crippen LogP contribution in [0.1, 0.15) is 39.9 Å². The Kier molecular flexibility index (Phi) is 7.62. The maximum absolute atomic E-state index is 14.3. The Labute approximate surface area is 202 Å². The minimum Gasteiger partial charge on any atom is -0.488 e. The lowest BCUT2D eigenvalue weighted by Gasteiger charge is -2.26. The first kappa shape index (κ1) is 24.6. The normalized spacial score (nSPS) is 16.7. The Balaban J connectivity index is 1.44. The summed E-state index contributed by atoms with van der Waals surface area (Å²) >= 11 is 0. The zero-order valence-electron chi connectivity index (χ0n) is 19.2. The molecule has 186 valence electrons. The predicted molar refractivity (Wildman–Crippen MR) is 123 cm³/mol. The molecule has 3 N–H and O–H groups in total. The highest BCUT2D eigenvalue weighted by molar-refractivity contribution is 6.01. The van der Waals surface area contributed by atoms with Crippen LogP contribution in [0.4, 0.5) is 4.39 Å². The van der Waals surface area contributed by atoms with Crippen molar-refractivity contribution in [2.45, 2.75) is 38.6 Å². The molecule has 0 unspecified atom stereocenters. The summed E-state index contributed by atoms with van der Waals surface area (Å²) in [6.07, 6.45) is -0.452. The zero-order chi connectivity index (χ0) is 24.9. The number of amides is 2. The molecule has 1 atom stereocenters. The Morgan fingerprint density at radius 3 is 2.49 bits per heavy atom. The molecule has 2 aromatic rings. The third kappa shape index (κ3) is 5.95. The predicted octanol–water partition coefficient (Wildman–Crippen LogP) is 1.91. The number of primary amides is 1. The van der Waals surface area contributed by atoms with Gasteiger partial charge in [-0.15, -0.1) is 0 Å². The number of halogens is 1. The number of nitrogens with zero attached hydrogens (tertiary/aromatic N) is 2. The van der Waals surface area contributed by atoms with Crippen LogP contribution in [0, 0.1) is 5.82 Å². The van der Waals surface area contributed by atoms with E-state index < -0.39 is 29.6 Å². The van der Waals surface area contributed by atoms with E-state index in [-0.39, 0.29) is 37.3 Å². The molecule has 0 radical (unpaired) electrons. The number of carboxylic acids is 1. The second-order valence-electron chi connectivity index (χ2n) is 8.71. The quantitative estimate of drug-likeness (QED) is 0.527. The molecule has 0 aliphatic carbocycles. The molecule has 2 heterocycles. The minimum absolute atomic E-state index is 0.0184. The van der Waals surface area contributed by atoms with Crippen molar-refractivity contribution in [3.05, 3.63) is 64.5 Å². The van der Waals surface area contributed by atoms with Gasteiger partial charge in [0.05, 0.1) is 25.3 Å². The molecule has 2 aliphatic heterocycles. The number of hydrogen-bond donors (Lipinski definition) is 2. The van der Waals surface area contributed by atoms with Crippen molar-refractivity contribution in [2.75, 3.05) is 26.3 Å². The molecule has 4 rings (SSSR count). The van der Waals surface area contributed by atoms with E-state index in [0.29, 0.717) is 5.56 Å². The molecule has 2 aliphatic rings. The highest BCUT2D eigenvalue weighted by atomic mass is 19.1. The van der Waals surface area contributed by atoms with Crippen LogP contribution in [0.15, 0.2) is 36.4 Å². The van der Waals surface area contributed by atoms with Crippen LogP contribution in [-0.2, 0) is 34.0 Å². The molecule has 2 aromatic carbocycles. The van der Waals surface area contributed by atoms with E-state index in [1.165, 1.54) is 16.5 Å². The Morgan fingerprint density at radius 1 is 1.14 bits per heavy atom. The standard InChI is InChI=1S/C25H28FN3O6/c26-18-11-19-20(14-29(25(19)33)21(24(27)32)5-6-23(30)31)22(12-18)35-15-17-3-1-16(2-4-17)13-28-7-9-34-10-8-28/h1-4,11-12,21H,5-10,13-15H2,(H2,27,32)(H,30,31)/t21-/m0/s1. The van der Waals surface area contributed by atoms with Gasteiger partial charge in [0.25, 0.3) is 5.91 Å². The van der Waals surface area contributed by atoms with Crippen LogP contribution in [0.5, 0.6) is 5.75 Å². The van der Waals surface area contributed by atoms with Crippen LogP contribution in [0.3, 0.4) is 0 Å². The van der Waals surface area contributed by atoms with E-state index in [2.05, 4.69) is 4.90 Å². The Bertz CT molecular complexity index is 1100. The fourth-order valence-corrected chi connectivity index (χ4v) is 4.37. The smallest absolute Gasteiger partial charge is 0.303 e. The van der Waals surface area contributed by atoms with Gasteiger partial charge in [-0.05, 0) is 23.6 Å². The third-order valence-electron chi connectivity index (χ3n) is 6.26. The summed E-state index contributed by atoms with van der Waals surface area (Å²) in [5, 5.41) is 8.95. The van der Waals surface area contributed by atoms with Crippen LogP contribution < -0.4 is 10.5 Å². The molecule has 1 saturated heterocycles. The van der Waals surface area contributed by atoms with Gasteiger partial charge < -0.3 is 25.2 Å². The highest BCUT2D eigenvalue weighted by Gasteiger charge is 2.37. The number of carboxylic acid groups (broad SMARTS) is 1. The largest absolute Gasteiger partial charge is 0.488 e. The average molecular weight is 486 g/mol. The number of rotatable bonds is 10. The van der Waals surface area contributed by atoms with Crippen LogP contribution in [-0.4, -0.2) is 65.0 Å². The number of aliphatic carboxylic acids is 1. The van der Waals surface area contributed by atoms with E-state index >= 15 is 0 Å². The molecule has 1 fully saturated rings. The van der Waals surface area contributed by atoms with Crippen molar-refractivity contribution in [3.8, 4) is 5.75 Å². The second kappa shape index (κ2) is 10.8. The van der Waals surface area contributed by atoms with Gasteiger partial charge in [-0.25, -0.2) is 4.39 Å². The van der Waals surface area contributed by atoms with Crippen molar-refractivity contribution in [2.24, 2.45) is 5.73 Å². The number of carbonyl (C=O) groups excluding carboxylic acids is 2. The average Bonchev–Trinajstić information content (AvgIpc) is 3.15. The van der Waals surface area contributed by atoms with Gasteiger partial charge >= 0.3 is 5.97 Å². The van der Waals surface area contributed by atoms with Gasteiger partial charge in [0.15, 0.2) is 0 Å². The maximum atomic E-state index is 14.3. The molecular formula is C25H28FN3O6. The summed E-state index contributed by atoms with van der Waals surface area (Å²) < 4.78 is 25.6. The van der Waals surface area contributed by atoms with E-state index in [1.807, 2.05) is 24.3 Å². The minimum atomic E-state index is -1.11. The molecule has 9 nitrogen and oxygen atoms in total. The van der Waals surface area contributed by atoms with Crippen molar-refractivity contribution in [1.29, 1.82) is 0 Å². The van der Waals surface area contributed by atoms with Crippen molar-refractivity contribution >= 4 is 17.8 Å². The van der Waals surface area contributed by atoms with Crippen molar-refractivity contribution < 1.29 is 33.4 Å². The summed E-state index contributed by atoms with van der Waals surface area (Å²) in [5.74, 6) is -2.93. The van der Waals surface area contributed by atoms with E-state index in [9.17, 15) is 18.8 Å². The second-order valence-corrected chi connectivity index (χ2v) is 8.71. The molecule has 0 spiro atoms. The first-order valence-corrected chi connectivity index (χ1v) is 11.5. The lowest BCUT2D eigenvalue weighted by molar-refractivity contribution is -0.137. The number of benzene rings is 2. The van der Waals surface area contributed by atoms with Crippen molar-refractivity contribution in [3.63, 3.8) is 0 Å². The van der Waals surface area contributed by atoms with Crippen molar-refractivity contribution in [1.82, 2.24) is 9.80 Å². The van der Waals surface area contributed by atoms with Crippen LogP contribution in [0.25, 0.3) is 0 Å². The molecule has 0 bridgehead atoms. The molecule has 35 heavy (non-hydrogen) atoms. The van der Waals surface area contributed by atoms with Gasteiger partial charge in [-0.2, -0.15) is 0 Å². The maximum Gasteiger partial charge on any atom is 0.303 e. The topological polar surface area (TPSA) is 122 Å². The number of ether oxygens (including phenoxy) is 2. The molecule has 2 amide bonds. The van der Waals surface area contributed by atoms with Gasteiger partial charge in [0.2, 0.25) is 5.91 Å². The fraction of sp³-hybridized carbons (Fsp3) is 0.400. The number of morpholine rings is 1. The van der Waals surface area contributed by atoms with Gasteiger partial charge in [0.1, 0.15) is 24.2 Å². The van der Waals surface area contributed by atoms with Gasteiger partial charge in [-0.3, -0.25) is 19.3 Å². The summed E-state index contributed by atoms with van der Waals surface area (Å²) in [5.41, 5.74) is 8.01. The highest BCUT2D eigenvalue weighted by Crippen LogP contribution is 2.34. The first-order valence-electron chi connectivity index (χ1n) is 11.5. The summed E-state index contributed by atoms with van der Waals surface area (Å²) in [7, 11) is 0. The third-order valence-corrected chi connectivity index (χ3v) is 6.26. The van der Waals surface area contributed by atoms with E-state index in [1.54, 1.807) is 0 Å². The summed E-state index contributed by atoms with van der Waals surface area (Å²) in [6, 6.07) is 9.13. The van der Waals surface area contributed by atoms with E-state index in [0.717, 1.165) is 44.5 Å². The van der Waals surface area contributed by atoms with Crippen LogP contribution >= 0.6 is 0 Å². The number of carbonyl (C=O) groups is 3. The molecule has 0 saturated carbocycles. The number of hydrogen-bond acceptors (Lipinski definition) is 6. The lowest BCUT2D eigenvalue weighted by Crippen LogP contribution is -2.45.